The molecule has 3 heterocycles. The van der Waals surface area contributed by atoms with Crippen LogP contribution in [0.5, 0.6) is 5.75 Å². The number of rotatable bonds is 10. The summed E-state index contributed by atoms with van der Waals surface area (Å²) < 4.78 is 68.6. The van der Waals surface area contributed by atoms with Crippen molar-refractivity contribution >= 4 is 21.7 Å². The van der Waals surface area contributed by atoms with E-state index in [-0.39, 0.29) is 31.7 Å². The van der Waals surface area contributed by atoms with Crippen LogP contribution in [0, 0.1) is 5.92 Å². The van der Waals surface area contributed by atoms with Gasteiger partial charge in [0.15, 0.2) is 6.61 Å². The number of piperazine rings is 1. The second-order valence-corrected chi connectivity index (χ2v) is 9.81. The maximum atomic E-state index is 13.0. The molecule has 0 aromatic carbocycles. The summed E-state index contributed by atoms with van der Waals surface area (Å²) >= 11 is 0. The molecule has 2 aromatic heterocycles. The van der Waals surface area contributed by atoms with E-state index in [4.69, 9.17) is 5.21 Å². The SMILES string of the molecule is O=C(NO)[C@H](CCc1ncccn1)CS(=O)(=O)N1CCN(c2ccc(OCC(F)(F)F)cn2)CC1. The van der Waals surface area contributed by atoms with Crippen LogP contribution in [0.15, 0.2) is 36.8 Å². The molecule has 1 aliphatic rings. The Labute approximate surface area is 200 Å². The molecule has 0 unspecified atom stereocenters. The lowest BCUT2D eigenvalue weighted by Gasteiger charge is -2.35. The smallest absolute Gasteiger partial charge is 0.422 e. The Morgan fingerprint density at radius 3 is 2.40 bits per heavy atom. The van der Waals surface area contributed by atoms with Crippen molar-refractivity contribution in [2.24, 2.45) is 5.92 Å². The second kappa shape index (κ2) is 11.6. The van der Waals surface area contributed by atoms with Crippen LogP contribution >= 0.6 is 0 Å². The standard InChI is InChI=1S/C20H25F3N6O5S/c21-20(22,23)14-34-16-3-5-18(26-12-16)28-8-10-29(11-9-28)35(32,33)13-15(19(30)27-31)2-4-17-24-6-1-7-25-17/h1,3,5-7,12,15,31H,2,4,8-11,13-14H2,(H,27,30)/t15-/m1/s1. The number of carbonyl (C=O) groups excluding carboxylic acids is 1. The number of halogens is 3. The highest BCUT2D eigenvalue weighted by atomic mass is 32.2. The third-order valence-corrected chi connectivity index (χ3v) is 7.28. The number of nitrogens with zero attached hydrogens (tertiary/aromatic N) is 5. The second-order valence-electron chi connectivity index (χ2n) is 7.80. The van der Waals surface area contributed by atoms with Crippen LogP contribution in [0.3, 0.4) is 0 Å². The van der Waals surface area contributed by atoms with Crippen LogP contribution in [0.2, 0.25) is 0 Å². The van der Waals surface area contributed by atoms with E-state index in [1.165, 1.54) is 40.5 Å². The van der Waals surface area contributed by atoms with Crippen molar-refractivity contribution < 1.29 is 36.3 Å². The maximum Gasteiger partial charge on any atom is 0.422 e. The van der Waals surface area contributed by atoms with Gasteiger partial charge in [0.25, 0.3) is 0 Å². The van der Waals surface area contributed by atoms with Crippen LogP contribution < -0.4 is 15.1 Å². The summed E-state index contributed by atoms with van der Waals surface area (Å²) in [6, 6.07) is 4.51. The minimum absolute atomic E-state index is 0.0265. The molecule has 11 nitrogen and oxygen atoms in total. The van der Waals surface area contributed by atoms with E-state index in [0.717, 1.165) is 0 Å². The van der Waals surface area contributed by atoms with E-state index < -0.39 is 40.4 Å². The number of amides is 1. The molecule has 1 saturated heterocycles. The van der Waals surface area contributed by atoms with Gasteiger partial charge in [0, 0.05) is 45.0 Å². The van der Waals surface area contributed by atoms with Crippen LogP contribution in [-0.2, 0) is 21.2 Å². The molecule has 1 amide bonds. The van der Waals surface area contributed by atoms with Crippen LogP contribution in [0.25, 0.3) is 0 Å². The molecule has 2 N–H and O–H groups in total. The summed E-state index contributed by atoms with van der Waals surface area (Å²) in [4.78, 5) is 26.1. The number of aryl methyl sites for hydroxylation is 1. The van der Waals surface area contributed by atoms with Crippen molar-refractivity contribution in [3.8, 4) is 5.75 Å². The Bertz CT molecular complexity index is 1060. The van der Waals surface area contributed by atoms with Gasteiger partial charge in [-0.15, -0.1) is 0 Å². The van der Waals surface area contributed by atoms with E-state index in [0.29, 0.717) is 24.7 Å². The lowest BCUT2D eigenvalue weighted by atomic mass is 10.0. The highest BCUT2D eigenvalue weighted by molar-refractivity contribution is 7.89. The molecule has 192 valence electrons. The van der Waals surface area contributed by atoms with Crippen LogP contribution in [0.1, 0.15) is 12.2 Å². The summed E-state index contributed by atoms with van der Waals surface area (Å²) in [5.41, 5.74) is 1.53. The van der Waals surface area contributed by atoms with Gasteiger partial charge in [-0.2, -0.15) is 17.5 Å². The average molecular weight is 519 g/mol. The van der Waals surface area contributed by atoms with Crippen molar-refractivity contribution in [1.29, 1.82) is 0 Å². The Hall–Kier alpha value is -3.04. The predicted molar refractivity (Wildman–Crippen MR) is 117 cm³/mol. The summed E-state index contributed by atoms with van der Waals surface area (Å²) in [6.45, 7) is -0.567. The highest BCUT2D eigenvalue weighted by Crippen LogP contribution is 2.22. The Balaban J connectivity index is 1.55. The quantitative estimate of drug-likeness (QED) is 0.349. The van der Waals surface area contributed by atoms with Gasteiger partial charge in [-0.05, 0) is 24.6 Å². The average Bonchev–Trinajstić information content (AvgIpc) is 2.85. The van der Waals surface area contributed by atoms with Crippen LogP contribution in [0.4, 0.5) is 19.0 Å². The Kier molecular flexibility index (Phi) is 8.80. The van der Waals surface area contributed by atoms with Gasteiger partial charge < -0.3 is 9.64 Å². The number of hydrogen-bond acceptors (Lipinski definition) is 9. The molecule has 1 aliphatic heterocycles. The molecule has 3 rings (SSSR count). The third kappa shape index (κ3) is 8.00. The van der Waals surface area contributed by atoms with Gasteiger partial charge in [-0.1, -0.05) is 0 Å². The lowest BCUT2D eigenvalue weighted by molar-refractivity contribution is -0.153. The van der Waals surface area contributed by atoms with E-state index in [1.807, 2.05) is 0 Å². The largest absolute Gasteiger partial charge is 0.483 e. The molecule has 35 heavy (non-hydrogen) atoms. The number of alkyl halides is 3. The highest BCUT2D eigenvalue weighted by Gasteiger charge is 2.33. The topological polar surface area (TPSA) is 138 Å². The molecule has 0 bridgehead atoms. The van der Waals surface area contributed by atoms with Crippen molar-refractivity contribution in [3.63, 3.8) is 0 Å². The first-order chi connectivity index (χ1) is 16.6. The van der Waals surface area contributed by atoms with Crippen molar-refractivity contribution in [2.45, 2.75) is 19.0 Å². The molecular formula is C20H25F3N6O5S. The van der Waals surface area contributed by atoms with Crippen molar-refractivity contribution in [2.75, 3.05) is 43.4 Å². The zero-order chi connectivity index (χ0) is 25.5. The number of carbonyl (C=O) groups is 1. The molecule has 0 spiro atoms. The zero-order valence-corrected chi connectivity index (χ0v) is 19.4. The van der Waals surface area contributed by atoms with Crippen molar-refractivity contribution in [1.82, 2.24) is 24.7 Å². The number of hydrogen-bond donors (Lipinski definition) is 2. The fraction of sp³-hybridized carbons (Fsp3) is 0.500. The first kappa shape index (κ1) is 26.6. The zero-order valence-electron chi connectivity index (χ0n) is 18.6. The fourth-order valence-electron chi connectivity index (χ4n) is 3.51. The Morgan fingerprint density at radius 1 is 1.14 bits per heavy atom. The monoisotopic (exact) mass is 518 g/mol. The van der Waals surface area contributed by atoms with Gasteiger partial charge in [-0.3, -0.25) is 10.0 Å². The molecule has 1 fully saturated rings. The molecule has 2 aromatic rings. The summed E-state index contributed by atoms with van der Waals surface area (Å²) in [5.74, 6) is -1.40. The van der Waals surface area contributed by atoms with E-state index in [2.05, 4.69) is 19.7 Å². The number of anilines is 1. The van der Waals surface area contributed by atoms with Gasteiger partial charge in [0.2, 0.25) is 15.9 Å². The lowest BCUT2D eigenvalue weighted by Crippen LogP contribution is -2.50. The molecule has 0 aliphatic carbocycles. The minimum Gasteiger partial charge on any atom is -0.483 e. The van der Waals surface area contributed by atoms with Crippen LogP contribution in [-0.4, -0.2) is 83.5 Å². The molecular weight excluding hydrogens is 493 g/mol. The van der Waals surface area contributed by atoms with E-state index >= 15 is 0 Å². The summed E-state index contributed by atoms with van der Waals surface area (Å²) in [7, 11) is -3.83. The molecule has 15 heteroatoms. The summed E-state index contributed by atoms with van der Waals surface area (Å²) in [5, 5.41) is 9.05. The number of sulfonamides is 1. The molecule has 0 radical (unpaired) electrons. The number of pyridine rings is 1. The maximum absolute atomic E-state index is 13.0. The van der Waals surface area contributed by atoms with E-state index in [9.17, 15) is 26.4 Å². The fourth-order valence-corrected chi connectivity index (χ4v) is 5.27. The van der Waals surface area contributed by atoms with Gasteiger partial charge in [-0.25, -0.2) is 28.8 Å². The Morgan fingerprint density at radius 2 is 1.83 bits per heavy atom. The number of ether oxygens (including phenoxy) is 1. The number of hydroxylamine groups is 1. The summed E-state index contributed by atoms with van der Waals surface area (Å²) in [6.07, 6.45) is 0.194. The first-order valence-electron chi connectivity index (χ1n) is 10.7. The minimum atomic E-state index is -4.45. The van der Waals surface area contributed by atoms with Crippen molar-refractivity contribution in [3.05, 3.63) is 42.6 Å². The van der Waals surface area contributed by atoms with Gasteiger partial charge >= 0.3 is 6.18 Å². The molecule has 1 atom stereocenters. The van der Waals surface area contributed by atoms with Gasteiger partial charge in [0.05, 0.1) is 17.9 Å². The third-order valence-electron chi connectivity index (χ3n) is 5.31. The van der Waals surface area contributed by atoms with Gasteiger partial charge in [0.1, 0.15) is 17.4 Å². The first-order valence-corrected chi connectivity index (χ1v) is 12.3. The normalized spacial score (nSPS) is 16.1. The number of nitrogens with one attached hydrogen (secondary N) is 1. The number of aromatic nitrogens is 3. The van der Waals surface area contributed by atoms with E-state index in [1.54, 1.807) is 11.0 Å². The predicted octanol–water partition coefficient (Wildman–Crippen LogP) is 1.02. The molecule has 0 saturated carbocycles.